The molecule has 2 aliphatic rings. The van der Waals surface area contributed by atoms with E-state index in [0.717, 1.165) is 55.7 Å². The van der Waals surface area contributed by atoms with Gasteiger partial charge >= 0.3 is 0 Å². The van der Waals surface area contributed by atoms with Gasteiger partial charge in [0, 0.05) is 27.7 Å². The maximum atomic E-state index is 6.60. The van der Waals surface area contributed by atoms with E-state index >= 15 is 0 Å². The van der Waals surface area contributed by atoms with Crippen LogP contribution < -0.4 is 4.90 Å². The molecule has 0 fully saturated rings. The van der Waals surface area contributed by atoms with Crippen LogP contribution in [0.3, 0.4) is 0 Å². The summed E-state index contributed by atoms with van der Waals surface area (Å²) in [4.78, 5) is 2.50. The molecule has 0 aliphatic heterocycles. The third-order valence-corrected chi connectivity index (χ3v) is 16.4. The minimum atomic E-state index is -0.482. The maximum Gasteiger partial charge on any atom is 0.136 e. The molecule has 2 aliphatic carbocycles. The lowest BCUT2D eigenvalue weighted by Crippen LogP contribution is -2.25. The predicted octanol–water partition coefficient (Wildman–Crippen LogP) is 20.0. The van der Waals surface area contributed by atoms with Gasteiger partial charge in [0.25, 0.3) is 0 Å². The number of hydrogen-bond acceptors (Lipinski definition) is 2. The topological polar surface area (TPSA) is 16.4 Å². The van der Waals surface area contributed by atoms with E-state index in [4.69, 9.17) is 4.42 Å². The molecule has 0 amide bonds. The molecule has 2 nitrogen and oxygen atoms in total. The lowest BCUT2D eigenvalue weighted by Gasteiger charge is -2.32. The summed E-state index contributed by atoms with van der Waals surface area (Å²) in [7, 11) is 0. The average Bonchev–Trinajstić information content (AvgIpc) is 4.09. The number of nitrogens with zero attached hydrogens (tertiary/aromatic N) is 1. The molecule has 75 heavy (non-hydrogen) atoms. The van der Waals surface area contributed by atoms with Crippen molar-refractivity contribution in [1.29, 1.82) is 0 Å². The number of benzene rings is 12. The van der Waals surface area contributed by atoms with E-state index in [-0.39, 0.29) is 5.41 Å². The Morgan fingerprint density at radius 1 is 0.347 bits per heavy atom. The largest absolute Gasteiger partial charge is 0.456 e. The van der Waals surface area contributed by atoms with E-state index < -0.39 is 5.41 Å². The third kappa shape index (κ3) is 6.52. The summed E-state index contributed by atoms with van der Waals surface area (Å²) in [6, 6.07) is 94.9. The fourth-order valence-corrected chi connectivity index (χ4v) is 12.9. The number of hydrogen-bond donors (Lipinski definition) is 0. The highest BCUT2D eigenvalue weighted by atomic mass is 16.3. The van der Waals surface area contributed by atoms with Gasteiger partial charge < -0.3 is 9.32 Å². The Labute approximate surface area is 437 Å². The number of anilines is 3. The normalized spacial score (nSPS) is 13.1. The van der Waals surface area contributed by atoms with Gasteiger partial charge in [-0.3, -0.25) is 0 Å². The SMILES string of the molecule is CC(C)(C)c1ccc(-c2ccc(-c3ccc(N(c4ccc5c(c4)-c4cc6ccccc6cc4C54c5ccccc5-c5ccccc54)c4ccc5ccccc5c4-c4cccc5oc6ccccc6c45)cc3)cc2)cc1. The molecule has 0 radical (unpaired) electrons. The lowest BCUT2D eigenvalue weighted by molar-refractivity contribution is 0.590. The molecule has 1 aromatic heterocycles. The van der Waals surface area contributed by atoms with Crippen LogP contribution in [0.5, 0.6) is 0 Å². The minimum absolute atomic E-state index is 0.113. The Hall–Kier alpha value is -9.24. The molecule has 1 heterocycles. The van der Waals surface area contributed by atoms with Crippen molar-refractivity contribution in [3.8, 4) is 55.6 Å². The zero-order chi connectivity index (χ0) is 50.0. The molecule has 2 heteroatoms. The Kier molecular flexibility index (Phi) is 9.47. The van der Waals surface area contributed by atoms with Crippen molar-refractivity contribution in [2.45, 2.75) is 31.6 Å². The number of furan rings is 1. The van der Waals surface area contributed by atoms with Crippen LogP contribution in [-0.4, -0.2) is 0 Å². The Morgan fingerprint density at radius 2 is 0.853 bits per heavy atom. The van der Waals surface area contributed by atoms with E-state index in [1.54, 1.807) is 0 Å². The summed E-state index contributed by atoms with van der Waals surface area (Å²) >= 11 is 0. The first-order valence-corrected chi connectivity index (χ1v) is 26.2. The zero-order valence-corrected chi connectivity index (χ0v) is 42.1. The molecule has 0 bridgehead atoms. The number of fused-ring (bicyclic) bond motifs is 15. The first-order valence-electron chi connectivity index (χ1n) is 26.2. The molecule has 13 aromatic rings. The van der Waals surface area contributed by atoms with Gasteiger partial charge in [-0.1, -0.05) is 221 Å². The zero-order valence-electron chi connectivity index (χ0n) is 42.1. The highest BCUT2D eigenvalue weighted by Gasteiger charge is 2.52. The molecule has 12 aromatic carbocycles. The maximum absolute atomic E-state index is 6.60. The van der Waals surface area contributed by atoms with Crippen molar-refractivity contribution in [2.24, 2.45) is 0 Å². The monoisotopic (exact) mass is 957 g/mol. The van der Waals surface area contributed by atoms with Crippen LogP contribution in [0.4, 0.5) is 17.1 Å². The smallest absolute Gasteiger partial charge is 0.136 e. The summed E-state index contributed by atoms with van der Waals surface area (Å²) in [5, 5.41) is 7.07. The van der Waals surface area contributed by atoms with E-state index in [2.05, 4.69) is 280 Å². The van der Waals surface area contributed by atoms with Crippen molar-refractivity contribution in [2.75, 3.05) is 4.90 Å². The Morgan fingerprint density at radius 3 is 1.53 bits per heavy atom. The number of para-hydroxylation sites is 1. The van der Waals surface area contributed by atoms with Crippen LogP contribution in [0.1, 0.15) is 48.6 Å². The first kappa shape index (κ1) is 43.4. The second-order valence-corrected chi connectivity index (χ2v) is 21.6. The van der Waals surface area contributed by atoms with Crippen molar-refractivity contribution in [3.63, 3.8) is 0 Å². The van der Waals surface area contributed by atoms with Gasteiger partial charge in [-0.25, -0.2) is 0 Å². The summed E-state index contributed by atoms with van der Waals surface area (Å²) in [5.74, 6) is 0. The Bertz CT molecular complexity index is 4390. The van der Waals surface area contributed by atoms with Crippen LogP contribution in [0.25, 0.3) is 99.1 Å². The molecule has 0 N–H and O–H groups in total. The van der Waals surface area contributed by atoms with E-state index in [9.17, 15) is 0 Å². The second kappa shape index (κ2) is 16.4. The highest BCUT2D eigenvalue weighted by molar-refractivity contribution is 6.18. The standard InChI is InChI=1S/C73H51NO/c1-72(2,3)53-36-31-48(32-37-53)46-27-29-47(30-28-46)49-33-38-54(39-34-49)74(67-42-35-50-15-6-7-18-56(50)70(67)60-22-14-26-69-71(60)59-21-10-13-25-68(59)75-69)55-40-41-65-62(45-55)61-43-51-16-4-5-17-52(51)44-66(61)73(65)63-23-11-8-19-57(63)58-20-9-12-24-64(58)73/h4-45H,1-3H3. The van der Waals surface area contributed by atoms with Gasteiger partial charge in [0.15, 0.2) is 0 Å². The van der Waals surface area contributed by atoms with E-state index in [1.165, 1.54) is 88.3 Å². The van der Waals surface area contributed by atoms with Crippen molar-refractivity contribution >= 4 is 60.5 Å². The quantitative estimate of drug-likeness (QED) is 0.165. The Balaban J connectivity index is 0.955. The molecular formula is C73H51NO. The van der Waals surface area contributed by atoms with Gasteiger partial charge in [0.05, 0.1) is 11.1 Å². The molecule has 0 atom stereocenters. The lowest BCUT2D eigenvalue weighted by atomic mass is 9.70. The molecule has 1 spiro atoms. The fraction of sp³-hybridized carbons (Fsp3) is 0.0685. The summed E-state index contributed by atoms with van der Waals surface area (Å²) in [5.41, 5.74) is 23.5. The van der Waals surface area contributed by atoms with Gasteiger partial charge in [0.2, 0.25) is 0 Å². The van der Waals surface area contributed by atoms with E-state index in [0.29, 0.717) is 0 Å². The van der Waals surface area contributed by atoms with E-state index in [1.807, 2.05) is 0 Å². The van der Waals surface area contributed by atoms with Crippen molar-refractivity contribution < 1.29 is 4.42 Å². The first-order chi connectivity index (χ1) is 36.8. The molecule has 0 saturated carbocycles. The molecular weight excluding hydrogens is 907 g/mol. The fourth-order valence-electron chi connectivity index (χ4n) is 12.9. The van der Waals surface area contributed by atoms with Crippen LogP contribution >= 0.6 is 0 Å². The van der Waals surface area contributed by atoms with Gasteiger partial charge in [-0.2, -0.15) is 0 Å². The summed E-state index contributed by atoms with van der Waals surface area (Å²) in [6.45, 7) is 6.79. The second-order valence-electron chi connectivity index (χ2n) is 21.6. The summed E-state index contributed by atoms with van der Waals surface area (Å²) < 4.78 is 6.60. The highest BCUT2D eigenvalue weighted by Crippen LogP contribution is 2.64. The van der Waals surface area contributed by atoms with Crippen molar-refractivity contribution in [3.05, 3.63) is 283 Å². The molecule has 15 rings (SSSR count). The van der Waals surface area contributed by atoms with Crippen LogP contribution in [0, 0.1) is 0 Å². The van der Waals surface area contributed by atoms with Crippen LogP contribution in [-0.2, 0) is 10.8 Å². The summed E-state index contributed by atoms with van der Waals surface area (Å²) in [6.07, 6.45) is 0. The average molecular weight is 958 g/mol. The van der Waals surface area contributed by atoms with Crippen LogP contribution in [0.2, 0.25) is 0 Å². The molecule has 0 saturated heterocycles. The van der Waals surface area contributed by atoms with Gasteiger partial charge in [0.1, 0.15) is 11.2 Å². The van der Waals surface area contributed by atoms with Crippen LogP contribution in [0.15, 0.2) is 259 Å². The molecule has 0 unspecified atom stereocenters. The minimum Gasteiger partial charge on any atom is -0.456 e. The predicted molar refractivity (Wildman–Crippen MR) is 315 cm³/mol. The van der Waals surface area contributed by atoms with Crippen molar-refractivity contribution in [1.82, 2.24) is 0 Å². The van der Waals surface area contributed by atoms with Gasteiger partial charge in [-0.05, 0) is 159 Å². The number of rotatable bonds is 6. The van der Waals surface area contributed by atoms with Gasteiger partial charge in [-0.15, -0.1) is 0 Å². The third-order valence-electron chi connectivity index (χ3n) is 16.4. The molecule has 354 valence electrons.